The van der Waals surface area contributed by atoms with Gasteiger partial charge in [0.05, 0.1) is 39.5 Å². The van der Waals surface area contributed by atoms with Gasteiger partial charge in [-0.1, -0.05) is 207 Å². The van der Waals surface area contributed by atoms with Gasteiger partial charge in [0.1, 0.15) is 0 Å². The van der Waals surface area contributed by atoms with Crippen LogP contribution >= 0.6 is 0 Å². The Bertz CT molecular complexity index is 4280. The third kappa shape index (κ3) is 6.75. The van der Waals surface area contributed by atoms with Gasteiger partial charge in [-0.25, -0.2) is 4.99 Å². The highest BCUT2D eigenvalue weighted by Crippen LogP contribution is 2.46. The molecule has 14 rings (SSSR count). The fourth-order valence-corrected chi connectivity index (χ4v) is 11.8. The standard InChI is InChI=1S/C68H48N4/c1-2-52-66(47-25-11-5-12-26-47)69-68(48-37-35-45(36-38-48)44-21-7-3-8-22-44)70-67(52)50-39-49-27-15-16-30-53(49)61(40-50)72-60-34-20-19-32-55(60)58-41-59-63(43-62(58)72)71(51-28-13-6-14-29-51)64-42-57(46-23-9-4-10-24-46)54-31-17-18-33-56(54)65(59)64/h3-43,52,66H,2H2,1H3. The Hall–Kier alpha value is -9.12. The van der Waals surface area contributed by atoms with Gasteiger partial charge in [0.25, 0.3) is 0 Å². The first kappa shape index (κ1) is 41.8. The molecule has 11 aromatic carbocycles. The highest BCUT2D eigenvalue weighted by atomic mass is 15.0. The SMILES string of the molecule is CCC1C(c2cc(-n3c4ccccc4c4cc5c6c7ccccc7c(-c7ccccc7)cc6n(-c6ccccc6)c5cc43)c3ccccc3c2)=NC(c2ccc(-c3ccccc3)cc2)=NC1c1ccccc1. The van der Waals surface area contributed by atoms with E-state index in [4.69, 9.17) is 9.98 Å². The van der Waals surface area contributed by atoms with E-state index in [2.05, 4.69) is 265 Å². The maximum absolute atomic E-state index is 5.62. The van der Waals surface area contributed by atoms with Crippen LogP contribution in [-0.4, -0.2) is 20.7 Å². The van der Waals surface area contributed by atoms with Crippen molar-refractivity contribution in [2.45, 2.75) is 19.4 Å². The zero-order valence-electron chi connectivity index (χ0n) is 39.8. The van der Waals surface area contributed by atoms with Crippen molar-refractivity contribution >= 4 is 76.7 Å². The topological polar surface area (TPSA) is 34.6 Å². The van der Waals surface area contributed by atoms with E-state index in [-0.39, 0.29) is 12.0 Å². The van der Waals surface area contributed by atoms with Gasteiger partial charge in [0, 0.05) is 44.1 Å². The first-order valence-corrected chi connectivity index (χ1v) is 25.1. The Balaban J connectivity index is 1.03. The smallest absolute Gasteiger partial charge is 0.155 e. The zero-order valence-corrected chi connectivity index (χ0v) is 39.8. The molecule has 4 heteroatoms. The molecule has 0 N–H and O–H groups in total. The van der Waals surface area contributed by atoms with Gasteiger partial charge < -0.3 is 9.13 Å². The van der Waals surface area contributed by atoms with Crippen LogP contribution in [0.2, 0.25) is 0 Å². The normalized spacial score (nSPS) is 15.0. The van der Waals surface area contributed by atoms with Gasteiger partial charge in [0.2, 0.25) is 0 Å². The van der Waals surface area contributed by atoms with Crippen molar-refractivity contribution in [3.05, 3.63) is 265 Å². The molecule has 13 aromatic rings. The second kappa shape index (κ2) is 17.1. The fourth-order valence-electron chi connectivity index (χ4n) is 11.8. The molecule has 0 bridgehead atoms. The summed E-state index contributed by atoms with van der Waals surface area (Å²) in [7, 11) is 0. The monoisotopic (exact) mass is 920 g/mol. The molecule has 0 radical (unpaired) electrons. The molecule has 4 nitrogen and oxygen atoms in total. The van der Waals surface area contributed by atoms with Gasteiger partial charge in [-0.3, -0.25) is 4.99 Å². The number of amidine groups is 1. The summed E-state index contributed by atoms with van der Waals surface area (Å²) in [6.45, 7) is 2.28. The molecule has 0 saturated heterocycles. The van der Waals surface area contributed by atoms with Crippen LogP contribution in [0.15, 0.2) is 259 Å². The van der Waals surface area contributed by atoms with Crippen LogP contribution in [0, 0.1) is 5.92 Å². The lowest BCUT2D eigenvalue weighted by atomic mass is 9.82. The summed E-state index contributed by atoms with van der Waals surface area (Å²) in [6, 6.07) is 90.6. The lowest BCUT2D eigenvalue weighted by molar-refractivity contribution is 0.532. The largest absolute Gasteiger partial charge is 0.309 e. The van der Waals surface area contributed by atoms with E-state index in [1.165, 1.54) is 76.4 Å². The minimum atomic E-state index is -0.109. The number of fused-ring (bicyclic) bond motifs is 9. The molecule has 0 fully saturated rings. The molecule has 0 saturated carbocycles. The maximum Gasteiger partial charge on any atom is 0.155 e. The van der Waals surface area contributed by atoms with Crippen LogP contribution in [-0.2, 0) is 0 Å². The van der Waals surface area contributed by atoms with Gasteiger partial charge in [-0.2, -0.15) is 0 Å². The second-order valence-corrected chi connectivity index (χ2v) is 19.1. The highest BCUT2D eigenvalue weighted by Gasteiger charge is 2.33. The third-order valence-corrected chi connectivity index (χ3v) is 15.1. The van der Waals surface area contributed by atoms with E-state index < -0.39 is 0 Å². The quantitative estimate of drug-likeness (QED) is 0.146. The van der Waals surface area contributed by atoms with Gasteiger partial charge in [0.15, 0.2) is 5.84 Å². The maximum atomic E-state index is 5.62. The first-order valence-electron chi connectivity index (χ1n) is 25.1. The van der Waals surface area contributed by atoms with Crippen LogP contribution in [0.25, 0.3) is 98.8 Å². The molecule has 1 aliphatic rings. The fraction of sp³-hybridized carbons (Fsp3) is 0.0588. The van der Waals surface area contributed by atoms with E-state index in [1.54, 1.807) is 0 Å². The van der Waals surface area contributed by atoms with Crippen LogP contribution in [0.5, 0.6) is 0 Å². The Kier molecular flexibility index (Phi) is 9.92. The zero-order chi connectivity index (χ0) is 47.7. The van der Waals surface area contributed by atoms with Gasteiger partial charge >= 0.3 is 0 Å². The van der Waals surface area contributed by atoms with E-state index in [0.717, 1.165) is 57.0 Å². The highest BCUT2D eigenvalue weighted by molar-refractivity contribution is 6.27. The van der Waals surface area contributed by atoms with E-state index in [9.17, 15) is 0 Å². The van der Waals surface area contributed by atoms with Crippen molar-refractivity contribution in [1.29, 1.82) is 0 Å². The average Bonchev–Trinajstić information content (AvgIpc) is 3.96. The van der Waals surface area contributed by atoms with Gasteiger partial charge in [-0.05, 0) is 104 Å². The lowest BCUT2D eigenvalue weighted by Crippen LogP contribution is -2.28. The minimum absolute atomic E-state index is 0.0451. The van der Waals surface area contributed by atoms with Crippen LogP contribution in [0.3, 0.4) is 0 Å². The molecular weight excluding hydrogens is 873 g/mol. The summed E-state index contributed by atoms with van der Waals surface area (Å²) in [4.78, 5) is 11.1. The predicted octanol–water partition coefficient (Wildman–Crippen LogP) is 17.5. The molecule has 0 spiro atoms. The van der Waals surface area contributed by atoms with E-state index in [1.807, 2.05) is 0 Å². The number of benzene rings is 11. The van der Waals surface area contributed by atoms with Gasteiger partial charge in [-0.15, -0.1) is 0 Å². The van der Waals surface area contributed by atoms with Crippen LogP contribution < -0.4 is 0 Å². The summed E-state index contributed by atoms with van der Waals surface area (Å²) in [5.41, 5.74) is 16.1. The summed E-state index contributed by atoms with van der Waals surface area (Å²) in [5, 5.41) is 9.77. The minimum Gasteiger partial charge on any atom is -0.309 e. The van der Waals surface area contributed by atoms with Crippen molar-refractivity contribution in [3.63, 3.8) is 0 Å². The molecule has 0 amide bonds. The summed E-state index contributed by atoms with van der Waals surface area (Å²) < 4.78 is 5.01. The summed E-state index contributed by atoms with van der Waals surface area (Å²) >= 11 is 0. The average molecular weight is 921 g/mol. The third-order valence-electron chi connectivity index (χ3n) is 15.1. The molecule has 3 heterocycles. The number of aromatic nitrogens is 2. The van der Waals surface area contributed by atoms with Crippen molar-refractivity contribution in [3.8, 4) is 33.6 Å². The Morgan fingerprint density at radius 3 is 1.71 bits per heavy atom. The molecular formula is C68H48N4. The summed E-state index contributed by atoms with van der Waals surface area (Å²) in [5.74, 6) is 0.803. The van der Waals surface area contributed by atoms with Crippen LogP contribution in [0.1, 0.15) is 36.1 Å². The van der Waals surface area contributed by atoms with Crippen molar-refractivity contribution < 1.29 is 0 Å². The first-order chi connectivity index (χ1) is 35.7. The number of rotatable bonds is 8. The Labute approximate surface area is 418 Å². The second-order valence-electron chi connectivity index (χ2n) is 19.1. The van der Waals surface area contributed by atoms with E-state index in [0.29, 0.717) is 0 Å². The molecule has 2 unspecified atom stereocenters. The lowest BCUT2D eigenvalue weighted by Gasteiger charge is -2.30. The van der Waals surface area contributed by atoms with Crippen molar-refractivity contribution in [2.75, 3.05) is 0 Å². The molecule has 340 valence electrons. The predicted molar refractivity (Wildman–Crippen MR) is 303 cm³/mol. The summed E-state index contributed by atoms with van der Waals surface area (Å²) in [6.07, 6.45) is 0.877. The molecule has 1 aliphatic heterocycles. The number of para-hydroxylation sites is 2. The molecule has 2 atom stereocenters. The van der Waals surface area contributed by atoms with E-state index >= 15 is 0 Å². The number of hydrogen-bond donors (Lipinski definition) is 0. The number of aliphatic imine (C=N–C) groups is 2. The molecule has 72 heavy (non-hydrogen) atoms. The number of hydrogen-bond acceptors (Lipinski definition) is 2. The molecule has 0 aliphatic carbocycles. The molecule has 2 aromatic heterocycles. The Morgan fingerprint density at radius 2 is 0.972 bits per heavy atom. The van der Waals surface area contributed by atoms with Crippen molar-refractivity contribution in [1.82, 2.24) is 9.13 Å². The van der Waals surface area contributed by atoms with Crippen LogP contribution in [0.4, 0.5) is 0 Å². The van der Waals surface area contributed by atoms with Crippen molar-refractivity contribution in [2.24, 2.45) is 15.9 Å². The number of nitrogens with zero attached hydrogens (tertiary/aromatic N) is 4. The Morgan fingerprint density at radius 1 is 0.389 bits per heavy atom.